The minimum absolute atomic E-state index is 0.158. The zero-order valence-corrected chi connectivity index (χ0v) is 14.5. The molecule has 0 spiro atoms. The zero-order chi connectivity index (χ0) is 17.8. The fourth-order valence-electron chi connectivity index (χ4n) is 2.90. The molecular weight excluding hydrogens is 321 g/mol. The molecule has 0 aliphatic heterocycles. The Morgan fingerprint density at radius 3 is 2.92 bits per heavy atom. The Morgan fingerprint density at radius 2 is 2.20 bits per heavy atom. The summed E-state index contributed by atoms with van der Waals surface area (Å²) in [5.74, 6) is 0.00178. The Labute approximate surface area is 146 Å². The van der Waals surface area contributed by atoms with Gasteiger partial charge in [-0.05, 0) is 56.3 Å². The number of hydrogen-bond donors (Lipinski definition) is 1. The third-order valence-electron chi connectivity index (χ3n) is 4.28. The molecule has 1 aromatic heterocycles. The number of fused-ring (bicyclic) bond motifs is 1. The highest BCUT2D eigenvalue weighted by atomic mass is 19.1. The quantitative estimate of drug-likeness (QED) is 0.876. The fourth-order valence-corrected chi connectivity index (χ4v) is 2.90. The minimum Gasteiger partial charge on any atom is -0.476 e. The Hall–Kier alpha value is -2.47. The van der Waals surface area contributed by atoms with Crippen LogP contribution in [0.15, 0.2) is 36.5 Å². The van der Waals surface area contributed by atoms with Crippen LogP contribution < -0.4 is 10.1 Å². The number of carbonyl (C=O) groups is 1. The molecule has 0 bridgehead atoms. The first-order valence-corrected chi connectivity index (χ1v) is 8.35. The molecule has 3 rings (SSSR count). The van der Waals surface area contributed by atoms with E-state index in [2.05, 4.69) is 10.3 Å². The van der Waals surface area contributed by atoms with Crippen molar-refractivity contribution in [2.24, 2.45) is 0 Å². The lowest BCUT2D eigenvalue weighted by Crippen LogP contribution is -2.27. The van der Waals surface area contributed by atoms with Crippen LogP contribution in [0.3, 0.4) is 0 Å². The Kier molecular flexibility index (Phi) is 5.28. The first-order chi connectivity index (χ1) is 12.0. The van der Waals surface area contributed by atoms with Gasteiger partial charge in [-0.25, -0.2) is 9.37 Å². The van der Waals surface area contributed by atoms with E-state index in [4.69, 9.17) is 4.74 Å². The van der Waals surface area contributed by atoms with E-state index < -0.39 is 0 Å². The Bertz CT molecular complexity index is 747. The van der Waals surface area contributed by atoms with Gasteiger partial charge in [-0.15, -0.1) is 0 Å². The molecule has 1 heterocycles. The number of hydrogen-bond acceptors (Lipinski definition) is 4. The number of carbonyl (C=O) groups excluding carboxylic acids is 1. The first-order valence-electron chi connectivity index (χ1n) is 8.35. The number of nitrogens with one attached hydrogen (secondary N) is 1. The minimum atomic E-state index is -0.277. The van der Waals surface area contributed by atoms with Crippen LogP contribution in [0.1, 0.15) is 33.9 Å². The van der Waals surface area contributed by atoms with Crippen molar-refractivity contribution in [2.75, 3.05) is 27.2 Å². The smallest absolute Gasteiger partial charge is 0.253 e. The molecule has 0 saturated heterocycles. The van der Waals surface area contributed by atoms with Crippen molar-refractivity contribution in [3.63, 3.8) is 0 Å². The topological polar surface area (TPSA) is 54.5 Å². The number of rotatable bonds is 6. The summed E-state index contributed by atoms with van der Waals surface area (Å²) >= 11 is 0. The Balaban J connectivity index is 1.60. The third-order valence-corrected chi connectivity index (χ3v) is 4.28. The van der Waals surface area contributed by atoms with E-state index >= 15 is 0 Å². The van der Waals surface area contributed by atoms with Gasteiger partial charge in [0.15, 0.2) is 0 Å². The molecule has 1 unspecified atom stereocenters. The van der Waals surface area contributed by atoms with E-state index in [0.29, 0.717) is 18.1 Å². The van der Waals surface area contributed by atoms with E-state index in [9.17, 15) is 9.18 Å². The number of likely N-dealkylation sites (N-methyl/N-ethyl adjacent to an activating group) is 1. The molecule has 25 heavy (non-hydrogen) atoms. The van der Waals surface area contributed by atoms with Crippen molar-refractivity contribution >= 4 is 5.91 Å². The number of pyridine rings is 1. The van der Waals surface area contributed by atoms with E-state index in [1.807, 2.05) is 19.0 Å². The lowest BCUT2D eigenvalue weighted by atomic mass is 10.1. The van der Waals surface area contributed by atoms with Crippen LogP contribution in [-0.2, 0) is 6.42 Å². The van der Waals surface area contributed by atoms with Crippen LogP contribution in [0.5, 0.6) is 5.88 Å². The van der Waals surface area contributed by atoms with Crippen molar-refractivity contribution < 1.29 is 13.9 Å². The molecule has 132 valence electrons. The highest BCUT2D eigenvalue weighted by Gasteiger charge is 2.24. The normalized spacial score (nSPS) is 15.9. The summed E-state index contributed by atoms with van der Waals surface area (Å²) in [6.45, 7) is 1.33. The lowest BCUT2D eigenvalue weighted by molar-refractivity contribution is 0.0936. The van der Waals surface area contributed by atoms with Crippen molar-refractivity contribution in [1.82, 2.24) is 15.2 Å². The van der Waals surface area contributed by atoms with Crippen molar-refractivity contribution in [2.45, 2.75) is 18.9 Å². The molecule has 5 nitrogen and oxygen atoms in total. The number of nitrogens with zero attached hydrogens (tertiary/aromatic N) is 2. The molecule has 1 atom stereocenters. The number of aryl methyl sites for hydroxylation is 1. The predicted molar refractivity (Wildman–Crippen MR) is 93.2 cm³/mol. The molecule has 6 heteroatoms. The molecular formula is C19H22FN3O2. The summed E-state index contributed by atoms with van der Waals surface area (Å²) in [5.41, 5.74) is 2.42. The van der Waals surface area contributed by atoms with Gasteiger partial charge in [0.25, 0.3) is 5.91 Å². The molecule has 0 saturated carbocycles. The maximum absolute atomic E-state index is 13.5. The van der Waals surface area contributed by atoms with Gasteiger partial charge in [-0.1, -0.05) is 6.07 Å². The standard InChI is InChI=1S/C19H22FN3O2/c1-23(2)9-10-25-18-8-5-14(12-21-18)19(24)22-17-7-4-13-3-6-15(20)11-16(13)17/h3,5-6,8,11-12,17H,4,7,9-10H2,1-2H3,(H,22,24). The number of amides is 1. The summed E-state index contributed by atoms with van der Waals surface area (Å²) in [6.07, 6.45) is 3.13. The van der Waals surface area contributed by atoms with Gasteiger partial charge in [0, 0.05) is 18.8 Å². The second-order valence-corrected chi connectivity index (χ2v) is 6.44. The highest BCUT2D eigenvalue weighted by Crippen LogP contribution is 2.31. The third kappa shape index (κ3) is 4.33. The Morgan fingerprint density at radius 1 is 1.36 bits per heavy atom. The summed E-state index contributed by atoms with van der Waals surface area (Å²) < 4.78 is 19.0. The number of aromatic nitrogens is 1. The number of benzene rings is 1. The van der Waals surface area contributed by atoms with Gasteiger partial charge < -0.3 is 15.0 Å². The van der Waals surface area contributed by atoms with Gasteiger partial charge in [-0.2, -0.15) is 0 Å². The van der Waals surface area contributed by atoms with Crippen molar-refractivity contribution in [3.8, 4) is 5.88 Å². The van der Waals surface area contributed by atoms with Crippen LogP contribution in [0.25, 0.3) is 0 Å². The average molecular weight is 343 g/mol. The monoisotopic (exact) mass is 343 g/mol. The average Bonchev–Trinajstić information content (AvgIpc) is 2.97. The van der Waals surface area contributed by atoms with Crippen LogP contribution in [0.2, 0.25) is 0 Å². The summed E-state index contributed by atoms with van der Waals surface area (Å²) in [6, 6.07) is 7.98. The van der Waals surface area contributed by atoms with Crippen molar-refractivity contribution in [3.05, 3.63) is 59.0 Å². The molecule has 1 amide bonds. The van der Waals surface area contributed by atoms with E-state index in [-0.39, 0.29) is 17.8 Å². The highest BCUT2D eigenvalue weighted by molar-refractivity contribution is 5.94. The second kappa shape index (κ2) is 7.61. The van der Waals surface area contributed by atoms with Crippen LogP contribution in [-0.4, -0.2) is 43.0 Å². The molecule has 1 aliphatic rings. The predicted octanol–water partition coefficient (Wildman–Crippen LogP) is 2.58. The lowest BCUT2D eigenvalue weighted by Gasteiger charge is -2.14. The molecule has 0 radical (unpaired) electrons. The molecule has 1 aromatic carbocycles. The summed E-state index contributed by atoms with van der Waals surface area (Å²) in [5, 5.41) is 2.96. The van der Waals surface area contributed by atoms with E-state index in [0.717, 1.165) is 30.5 Å². The molecule has 2 aromatic rings. The first kappa shape index (κ1) is 17.4. The van der Waals surface area contributed by atoms with Crippen molar-refractivity contribution in [1.29, 1.82) is 0 Å². The maximum Gasteiger partial charge on any atom is 0.253 e. The zero-order valence-electron chi connectivity index (χ0n) is 14.5. The number of halogens is 1. The van der Waals surface area contributed by atoms with E-state index in [1.54, 1.807) is 18.2 Å². The number of ether oxygens (including phenoxy) is 1. The second-order valence-electron chi connectivity index (χ2n) is 6.44. The largest absolute Gasteiger partial charge is 0.476 e. The van der Waals surface area contributed by atoms with Crippen LogP contribution in [0, 0.1) is 5.82 Å². The SMILES string of the molecule is CN(C)CCOc1ccc(C(=O)NC2CCc3ccc(F)cc32)cn1. The van der Waals surface area contributed by atoms with Gasteiger partial charge in [0.05, 0.1) is 11.6 Å². The summed E-state index contributed by atoms with van der Waals surface area (Å²) in [7, 11) is 3.94. The van der Waals surface area contributed by atoms with Crippen LogP contribution in [0.4, 0.5) is 4.39 Å². The van der Waals surface area contributed by atoms with Gasteiger partial charge in [0.2, 0.25) is 5.88 Å². The van der Waals surface area contributed by atoms with Gasteiger partial charge in [-0.3, -0.25) is 4.79 Å². The molecule has 1 N–H and O–H groups in total. The van der Waals surface area contributed by atoms with E-state index in [1.165, 1.54) is 18.3 Å². The summed E-state index contributed by atoms with van der Waals surface area (Å²) in [4.78, 5) is 18.6. The maximum atomic E-state index is 13.5. The van der Waals surface area contributed by atoms with Gasteiger partial charge in [0.1, 0.15) is 12.4 Å². The van der Waals surface area contributed by atoms with Crippen LogP contribution >= 0.6 is 0 Å². The fraction of sp³-hybridized carbons (Fsp3) is 0.368. The molecule has 0 fully saturated rings. The van der Waals surface area contributed by atoms with Gasteiger partial charge >= 0.3 is 0 Å². The molecule has 1 aliphatic carbocycles.